The van der Waals surface area contributed by atoms with Gasteiger partial charge in [-0.15, -0.1) is 0 Å². The van der Waals surface area contributed by atoms with E-state index in [0.29, 0.717) is 38.2 Å². The number of nitrogens with one attached hydrogen (secondary N) is 1. The number of hydrogen-bond acceptors (Lipinski definition) is 5. The van der Waals surface area contributed by atoms with E-state index in [4.69, 9.17) is 13.9 Å². The predicted molar refractivity (Wildman–Crippen MR) is 62.6 cm³/mol. The SMILES string of the molecule is CC(C)CNCc1ncc(C2COCCO2)o1. The first kappa shape index (κ1) is 12.5. The standard InChI is InChI=1S/C12H20N2O3/c1-9(2)5-13-7-12-14-6-10(17-12)11-8-15-3-4-16-11/h6,9,11,13H,3-5,7-8H2,1-2H3. The molecule has 1 aromatic heterocycles. The van der Waals surface area contributed by atoms with Gasteiger partial charge < -0.3 is 19.2 Å². The minimum atomic E-state index is -0.102. The van der Waals surface area contributed by atoms with Gasteiger partial charge in [0.1, 0.15) is 6.10 Å². The van der Waals surface area contributed by atoms with E-state index in [0.717, 1.165) is 12.3 Å². The van der Waals surface area contributed by atoms with Crippen molar-refractivity contribution in [3.63, 3.8) is 0 Å². The number of rotatable bonds is 5. The Bertz CT molecular complexity index is 332. The molecule has 1 unspecified atom stereocenters. The van der Waals surface area contributed by atoms with Crippen molar-refractivity contribution in [3.05, 3.63) is 17.8 Å². The van der Waals surface area contributed by atoms with Gasteiger partial charge in [0.25, 0.3) is 0 Å². The Morgan fingerprint density at radius 1 is 1.47 bits per heavy atom. The minimum Gasteiger partial charge on any atom is -0.441 e. The van der Waals surface area contributed by atoms with Crippen molar-refractivity contribution in [2.24, 2.45) is 5.92 Å². The molecule has 17 heavy (non-hydrogen) atoms. The van der Waals surface area contributed by atoms with E-state index < -0.39 is 0 Å². The highest BCUT2D eigenvalue weighted by atomic mass is 16.6. The lowest BCUT2D eigenvalue weighted by atomic mass is 10.2. The van der Waals surface area contributed by atoms with Gasteiger partial charge in [-0.05, 0) is 12.5 Å². The predicted octanol–water partition coefficient (Wildman–Crippen LogP) is 1.51. The number of nitrogens with zero attached hydrogens (tertiary/aromatic N) is 1. The van der Waals surface area contributed by atoms with E-state index in [1.807, 2.05) is 0 Å². The Morgan fingerprint density at radius 3 is 3.06 bits per heavy atom. The Labute approximate surface area is 102 Å². The van der Waals surface area contributed by atoms with Crippen LogP contribution in [0.3, 0.4) is 0 Å². The van der Waals surface area contributed by atoms with Gasteiger partial charge in [0, 0.05) is 0 Å². The quantitative estimate of drug-likeness (QED) is 0.845. The fourth-order valence-electron chi connectivity index (χ4n) is 1.67. The fraction of sp³-hybridized carbons (Fsp3) is 0.750. The lowest BCUT2D eigenvalue weighted by molar-refractivity contribution is -0.0978. The summed E-state index contributed by atoms with van der Waals surface area (Å²) in [5, 5.41) is 3.29. The first-order valence-corrected chi connectivity index (χ1v) is 6.10. The number of hydrogen-bond donors (Lipinski definition) is 1. The van der Waals surface area contributed by atoms with E-state index >= 15 is 0 Å². The van der Waals surface area contributed by atoms with E-state index in [9.17, 15) is 0 Å². The molecule has 0 aliphatic carbocycles. The zero-order chi connectivity index (χ0) is 12.1. The Balaban J connectivity index is 1.82. The Kier molecular flexibility index (Phi) is 4.53. The van der Waals surface area contributed by atoms with Crippen LogP contribution in [0, 0.1) is 5.92 Å². The lowest BCUT2D eigenvalue weighted by Crippen LogP contribution is -2.21. The molecule has 0 aromatic carbocycles. The van der Waals surface area contributed by atoms with Crippen molar-refractivity contribution in [2.45, 2.75) is 26.5 Å². The third kappa shape index (κ3) is 3.80. The summed E-state index contributed by atoms with van der Waals surface area (Å²) < 4.78 is 16.5. The average molecular weight is 240 g/mol. The van der Waals surface area contributed by atoms with Crippen molar-refractivity contribution in [3.8, 4) is 0 Å². The van der Waals surface area contributed by atoms with Crippen LogP contribution in [-0.4, -0.2) is 31.3 Å². The highest BCUT2D eigenvalue weighted by Gasteiger charge is 2.20. The number of aromatic nitrogens is 1. The minimum absolute atomic E-state index is 0.102. The average Bonchev–Trinajstić information content (AvgIpc) is 2.78. The maximum atomic E-state index is 5.63. The maximum absolute atomic E-state index is 5.63. The highest BCUT2D eigenvalue weighted by molar-refractivity contribution is 4.99. The molecule has 2 rings (SSSR count). The normalized spacial score (nSPS) is 21.0. The molecule has 5 heteroatoms. The summed E-state index contributed by atoms with van der Waals surface area (Å²) in [7, 11) is 0. The van der Waals surface area contributed by atoms with Gasteiger partial charge >= 0.3 is 0 Å². The van der Waals surface area contributed by atoms with E-state index in [1.165, 1.54) is 0 Å². The summed E-state index contributed by atoms with van der Waals surface area (Å²) in [6.45, 7) is 7.78. The van der Waals surface area contributed by atoms with Gasteiger partial charge in [0.2, 0.25) is 5.89 Å². The van der Waals surface area contributed by atoms with Crippen molar-refractivity contribution >= 4 is 0 Å². The van der Waals surface area contributed by atoms with Crippen LogP contribution in [-0.2, 0) is 16.0 Å². The zero-order valence-electron chi connectivity index (χ0n) is 10.4. The second-order valence-electron chi connectivity index (χ2n) is 4.62. The molecule has 1 atom stereocenters. The molecular weight excluding hydrogens is 220 g/mol. The molecule has 0 radical (unpaired) electrons. The molecule has 1 aliphatic heterocycles. The zero-order valence-corrected chi connectivity index (χ0v) is 10.4. The van der Waals surface area contributed by atoms with Gasteiger partial charge in [0.05, 0.1) is 32.6 Å². The van der Waals surface area contributed by atoms with Crippen molar-refractivity contribution < 1.29 is 13.9 Å². The van der Waals surface area contributed by atoms with Crippen LogP contribution < -0.4 is 5.32 Å². The first-order chi connectivity index (χ1) is 8.25. The third-order valence-corrected chi connectivity index (χ3v) is 2.53. The van der Waals surface area contributed by atoms with Crippen molar-refractivity contribution in [2.75, 3.05) is 26.4 Å². The molecule has 2 heterocycles. The Hall–Kier alpha value is -0.910. The maximum Gasteiger partial charge on any atom is 0.208 e. The Morgan fingerprint density at radius 2 is 2.35 bits per heavy atom. The number of ether oxygens (including phenoxy) is 2. The third-order valence-electron chi connectivity index (χ3n) is 2.53. The molecule has 0 spiro atoms. The summed E-state index contributed by atoms with van der Waals surface area (Å²) in [5.74, 6) is 2.08. The molecule has 1 N–H and O–H groups in total. The molecule has 1 fully saturated rings. The van der Waals surface area contributed by atoms with E-state index in [-0.39, 0.29) is 6.10 Å². The largest absolute Gasteiger partial charge is 0.441 e. The lowest BCUT2D eigenvalue weighted by Gasteiger charge is -2.20. The van der Waals surface area contributed by atoms with Crippen LogP contribution in [0.2, 0.25) is 0 Å². The van der Waals surface area contributed by atoms with Gasteiger partial charge in [0.15, 0.2) is 5.76 Å². The summed E-state index contributed by atoms with van der Waals surface area (Å²) >= 11 is 0. The summed E-state index contributed by atoms with van der Waals surface area (Å²) in [6, 6.07) is 0. The summed E-state index contributed by atoms with van der Waals surface area (Å²) in [6.07, 6.45) is 1.63. The molecular formula is C12H20N2O3. The number of oxazole rings is 1. The van der Waals surface area contributed by atoms with Crippen LogP contribution >= 0.6 is 0 Å². The molecule has 1 aromatic rings. The van der Waals surface area contributed by atoms with Crippen LogP contribution in [0.5, 0.6) is 0 Å². The van der Waals surface area contributed by atoms with E-state index in [1.54, 1.807) is 6.20 Å². The van der Waals surface area contributed by atoms with Gasteiger partial charge in [-0.1, -0.05) is 13.8 Å². The summed E-state index contributed by atoms with van der Waals surface area (Å²) in [5.41, 5.74) is 0. The van der Waals surface area contributed by atoms with Gasteiger partial charge in [-0.2, -0.15) is 0 Å². The van der Waals surface area contributed by atoms with Crippen LogP contribution in [0.25, 0.3) is 0 Å². The fourth-order valence-corrected chi connectivity index (χ4v) is 1.67. The van der Waals surface area contributed by atoms with E-state index in [2.05, 4.69) is 24.1 Å². The van der Waals surface area contributed by atoms with Crippen molar-refractivity contribution in [1.82, 2.24) is 10.3 Å². The molecule has 96 valence electrons. The molecule has 1 aliphatic rings. The monoisotopic (exact) mass is 240 g/mol. The van der Waals surface area contributed by atoms with Crippen LogP contribution in [0.15, 0.2) is 10.6 Å². The smallest absolute Gasteiger partial charge is 0.208 e. The van der Waals surface area contributed by atoms with Gasteiger partial charge in [-0.3, -0.25) is 0 Å². The summed E-state index contributed by atoms with van der Waals surface area (Å²) in [4.78, 5) is 4.22. The topological polar surface area (TPSA) is 56.5 Å². The molecule has 0 bridgehead atoms. The second-order valence-corrected chi connectivity index (χ2v) is 4.62. The molecule has 0 amide bonds. The first-order valence-electron chi connectivity index (χ1n) is 6.10. The van der Waals surface area contributed by atoms with Crippen molar-refractivity contribution in [1.29, 1.82) is 0 Å². The molecule has 0 saturated carbocycles. The second kappa shape index (κ2) is 6.14. The van der Waals surface area contributed by atoms with Gasteiger partial charge in [-0.25, -0.2) is 4.98 Å². The van der Waals surface area contributed by atoms with Crippen LogP contribution in [0.4, 0.5) is 0 Å². The molecule has 1 saturated heterocycles. The van der Waals surface area contributed by atoms with Crippen LogP contribution in [0.1, 0.15) is 31.6 Å². The molecule has 5 nitrogen and oxygen atoms in total. The highest BCUT2D eigenvalue weighted by Crippen LogP contribution is 2.21.